The summed E-state index contributed by atoms with van der Waals surface area (Å²) in [6.45, 7) is 1.97. The Kier molecular flexibility index (Phi) is 3.61. The Bertz CT molecular complexity index is 733. The van der Waals surface area contributed by atoms with Crippen LogP contribution in [0.5, 0.6) is 11.5 Å². The van der Waals surface area contributed by atoms with Gasteiger partial charge in [-0.25, -0.2) is 0 Å². The van der Waals surface area contributed by atoms with Crippen LogP contribution in [0.4, 0.5) is 5.69 Å². The van der Waals surface area contributed by atoms with Gasteiger partial charge in [-0.05, 0) is 41.8 Å². The fraction of sp³-hybridized carbons (Fsp3) is 0.0526. The largest absolute Gasteiger partial charge is 0.455 e. The molecule has 104 valence electrons. The Morgan fingerprint density at radius 1 is 0.714 bits per heavy atom. The van der Waals surface area contributed by atoms with E-state index in [1.165, 1.54) is 11.1 Å². The number of anilines is 1. The average Bonchev–Trinajstić information content (AvgIpc) is 2.53. The van der Waals surface area contributed by atoms with Crippen LogP contribution in [0.15, 0.2) is 72.8 Å². The Hall–Kier alpha value is -2.74. The van der Waals surface area contributed by atoms with Gasteiger partial charge in [0.05, 0.1) is 5.69 Å². The van der Waals surface area contributed by atoms with E-state index in [0.29, 0.717) is 11.4 Å². The van der Waals surface area contributed by atoms with Crippen LogP contribution in [0.1, 0.15) is 5.56 Å². The van der Waals surface area contributed by atoms with Gasteiger partial charge in [-0.2, -0.15) is 0 Å². The van der Waals surface area contributed by atoms with Crippen molar-refractivity contribution in [1.82, 2.24) is 0 Å². The first kappa shape index (κ1) is 13.3. The molecule has 3 rings (SSSR count). The normalized spacial score (nSPS) is 10.3. The summed E-state index contributed by atoms with van der Waals surface area (Å²) in [6, 6.07) is 24.1. The van der Waals surface area contributed by atoms with E-state index in [1.54, 1.807) is 0 Å². The first-order valence-corrected chi connectivity index (χ1v) is 6.92. The van der Waals surface area contributed by atoms with Gasteiger partial charge in [-0.3, -0.25) is 0 Å². The van der Waals surface area contributed by atoms with Crippen LogP contribution >= 0.6 is 0 Å². The molecule has 0 fully saturated rings. The molecular formula is C19H17NO. The van der Waals surface area contributed by atoms with E-state index in [0.717, 1.165) is 11.3 Å². The van der Waals surface area contributed by atoms with Crippen molar-refractivity contribution in [2.24, 2.45) is 0 Å². The fourth-order valence-electron chi connectivity index (χ4n) is 2.22. The van der Waals surface area contributed by atoms with E-state index < -0.39 is 0 Å². The van der Waals surface area contributed by atoms with Crippen molar-refractivity contribution in [3.8, 4) is 22.6 Å². The van der Waals surface area contributed by atoms with Gasteiger partial charge in [-0.1, -0.05) is 54.6 Å². The predicted octanol–water partition coefficient (Wildman–Crippen LogP) is 5.04. The Labute approximate surface area is 124 Å². The molecule has 0 heterocycles. The molecule has 2 N–H and O–H groups in total. The van der Waals surface area contributed by atoms with E-state index >= 15 is 0 Å². The predicted molar refractivity (Wildman–Crippen MR) is 87.5 cm³/mol. The van der Waals surface area contributed by atoms with Crippen molar-refractivity contribution in [3.05, 3.63) is 78.4 Å². The lowest BCUT2D eigenvalue weighted by atomic mass is 10.1. The molecule has 0 aromatic heterocycles. The van der Waals surface area contributed by atoms with Crippen LogP contribution in [-0.2, 0) is 0 Å². The summed E-state index contributed by atoms with van der Waals surface area (Å²) in [5.74, 6) is 1.48. The minimum Gasteiger partial charge on any atom is -0.455 e. The number of benzene rings is 3. The molecule has 0 saturated carbocycles. The van der Waals surface area contributed by atoms with E-state index in [2.05, 4.69) is 24.3 Å². The third kappa shape index (κ3) is 2.90. The quantitative estimate of drug-likeness (QED) is 0.680. The molecule has 3 aromatic rings. The van der Waals surface area contributed by atoms with Crippen LogP contribution in [0.3, 0.4) is 0 Å². The Morgan fingerprint density at radius 3 is 2.10 bits per heavy atom. The second kappa shape index (κ2) is 5.71. The van der Waals surface area contributed by atoms with Crippen LogP contribution in [0, 0.1) is 6.92 Å². The van der Waals surface area contributed by atoms with Crippen LogP contribution < -0.4 is 10.5 Å². The van der Waals surface area contributed by atoms with Crippen LogP contribution in [0.25, 0.3) is 11.1 Å². The van der Waals surface area contributed by atoms with E-state index in [9.17, 15) is 0 Å². The third-order valence-corrected chi connectivity index (χ3v) is 3.47. The van der Waals surface area contributed by atoms with E-state index in [1.807, 2.05) is 55.5 Å². The highest BCUT2D eigenvalue weighted by Gasteiger charge is 2.04. The van der Waals surface area contributed by atoms with Crippen molar-refractivity contribution in [1.29, 1.82) is 0 Å². The molecule has 3 aromatic carbocycles. The van der Waals surface area contributed by atoms with Gasteiger partial charge in [0.1, 0.15) is 5.75 Å². The summed E-state index contributed by atoms with van der Waals surface area (Å²) in [5, 5.41) is 0. The number of rotatable bonds is 3. The maximum absolute atomic E-state index is 6.03. The highest BCUT2D eigenvalue weighted by Crippen LogP contribution is 2.30. The SMILES string of the molecule is Cc1cccc(Oc2ccc(-c3ccccc3)cc2)c1N. The molecule has 0 bridgehead atoms. The number of nitrogens with two attached hydrogens (primary N) is 1. The van der Waals surface area contributed by atoms with Gasteiger partial charge in [0.25, 0.3) is 0 Å². The third-order valence-electron chi connectivity index (χ3n) is 3.47. The highest BCUT2D eigenvalue weighted by molar-refractivity contribution is 5.64. The molecular weight excluding hydrogens is 258 g/mol. The van der Waals surface area contributed by atoms with Crippen molar-refractivity contribution in [3.63, 3.8) is 0 Å². The number of aryl methyl sites for hydroxylation is 1. The monoisotopic (exact) mass is 275 g/mol. The summed E-state index contributed by atoms with van der Waals surface area (Å²) in [6.07, 6.45) is 0. The number of hydrogen-bond acceptors (Lipinski definition) is 2. The Balaban J connectivity index is 1.83. The molecule has 2 heteroatoms. The first-order chi connectivity index (χ1) is 10.2. The topological polar surface area (TPSA) is 35.2 Å². The molecule has 0 aliphatic rings. The van der Waals surface area contributed by atoms with Gasteiger partial charge in [0.2, 0.25) is 0 Å². The molecule has 0 saturated heterocycles. The summed E-state index contributed by atoms with van der Waals surface area (Å²) in [5.41, 5.74) is 10.1. The van der Waals surface area contributed by atoms with Crippen molar-refractivity contribution in [2.75, 3.05) is 5.73 Å². The van der Waals surface area contributed by atoms with Gasteiger partial charge < -0.3 is 10.5 Å². The zero-order valence-corrected chi connectivity index (χ0v) is 11.9. The molecule has 21 heavy (non-hydrogen) atoms. The van der Waals surface area contributed by atoms with Gasteiger partial charge in [0, 0.05) is 0 Å². The molecule has 2 nitrogen and oxygen atoms in total. The molecule has 0 amide bonds. The van der Waals surface area contributed by atoms with Crippen molar-refractivity contribution in [2.45, 2.75) is 6.92 Å². The van der Waals surface area contributed by atoms with Gasteiger partial charge in [-0.15, -0.1) is 0 Å². The average molecular weight is 275 g/mol. The lowest BCUT2D eigenvalue weighted by Gasteiger charge is -2.10. The summed E-state index contributed by atoms with van der Waals surface area (Å²) in [7, 11) is 0. The zero-order chi connectivity index (χ0) is 14.7. The van der Waals surface area contributed by atoms with E-state index in [-0.39, 0.29) is 0 Å². The fourth-order valence-corrected chi connectivity index (χ4v) is 2.22. The number of ether oxygens (including phenoxy) is 1. The van der Waals surface area contributed by atoms with Gasteiger partial charge in [0.15, 0.2) is 5.75 Å². The van der Waals surface area contributed by atoms with Crippen LogP contribution in [-0.4, -0.2) is 0 Å². The second-order valence-electron chi connectivity index (χ2n) is 4.98. The highest BCUT2D eigenvalue weighted by atomic mass is 16.5. The first-order valence-electron chi connectivity index (χ1n) is 6.92. The minimum absolute atomic E-state index is 0.685. The summed E-state index contributed by atoms with van der Waals surface area (Å²) < 4.78 is 5.86. The number of para-hydroxylation sites is 1. The molecule has 0 aliphatic carbocycles. The standard InChI is InChI=1S/C19H17NO/c1-14-6-5-9-18(19(14)20)21-17-12-10-16(11-13-17)15-7-3-2-4-8-15/h2-13H,20H2,1H3. The Morgan fingerprint density at radius 2 is 1.38 bits per heavy atom. The lowest BCUT2D eigenvalue weighted by Crippen LogP contribution is -1.94. The molecule has 0 unspecified atom stereocenters. The van der Waals surface area contributed by atoms with Crippen LogP contribution in [0.2, 0.25) is 0 Å². The van der Waals surface area contributed by atoms with Crippen molar-refractivity contribution < 1.29 is 4.74 Å². The summed E-state index contributed by atoms with van der Waals surface area (Å²) in [4.78, 5) is 0. The smallest absolute Gasteiger partial charge is 0.150 e. The molecule has 0 aliphatic heterocycles. The number of hydrogen-bond donors (Lipinski definition) is 1. The maximum atomic E-state index is 6.03. The van der Waals surface area contributed by atoms with E-state index in [4.69, 9.17) is 10.5 Å². The molecule has 0 radical (unpaired) electrons. The zero-order valence-electron chi connectivity index (χ0n) is 11.9. The molecule has 0 spiro atoms. The second-order valence-corrected chi connectivity index (χ2v) is 4.98. The number of nitrogen functional groups attached to an aromatic ring is 1. The van der Waals surface area contributed by atoms with Crippen molar-refractivity contribution >= 4 is 5.69 Å². The lowest BCUT2D eigenvalue weighted by molar-refractivity contribution is 0.485. The minimum atomic E-state index is 0.685. The maximum Gasteiger partial charge on any atom is 0.150 e. The summed E-state index contributed by atoms with van der Waals surface area (Å²) >= 11 is 0. The van der Waals surface area contributed by atoms with Gasteiger partial charge >= 0.3 is 0 Å². The molecule has 0 atom stereocenters.